The van der Waals surface area contributed by atoms with Gasteiger partial charge in [0.25, 0.3) is 0 Å². The van der Waals surface area contributed by atoms with E-state index in [0.29, 0.717) is 0 Å². The van der Waals surface area contributed by atoms with Crippen LogP contribution in [0.25, 0.3) is 0 Å². The first-order valence-corrected chi connectivity index (χ1v) is 3.28. The summed E-state index contributed by atoms with van der Waals surface area (Å²) in [6.07, 6.45) is -0.168. The molecule has 72 valence electrons. The number of nitrogens with two attached hydrogens (primary N) is 2. The lowest BCUT2D eigenvalue weighted by atomic mass is 10.2. The maximum absolute atomic E-state index is 10.7. The van der Waals surface area contributed by atoms with Crippen LogP contribution >= 0.6 is 12.4 Å². The quantitative estimate of drug-likeness (QED) is 0.574. The van der Waals surface area contributed by atoms with Crippen LogP contribution in [0.3, 0.4) is 0 Å². The van der Waals surface area contributed by atoms with Crippen molar-refractivity contribution in [1.82, 2.24) is 0 Å². The van der Waals surface area contributed by atoms with Gasteiger partial charge in [-0.2, -0.15) is 0 Å². The number of primary amides is 1. The number of amides is 1. The summed E-state index contributed by atoms with van der Waals surface area (Å²) >= 11 is 0. The van der Waals surface area contributed by atoms with Gasteiger partial charge < -0.3 is 16.2 Å². The van der Waals surface area contributed by atoms with Crippen molar-refractivity contribution in [3.8, 4) is 0 Å². The zero-order chi connectivity index (χ0) is 8.85. The highest BCUT2D eigenvalue weighted by Crippen LogP contribution is 1.90. The first-order chi connectivity index (χ1) is 5.07. The van der Waals surface area contributed by atoms with Crippen LogP contribution in [0, 0.1) is 0 Å². The molecule has 1 atom stereocenters. The Hall–Kier alpha value is -0.810. The molecule has 0 aliphatic carbocycles. The van der Waals surface area contributed by atoms with Crippen LogP contribution in [0.2, 0.25) is 0 Å². The molecule has 0 aliphatic rings. The fourth-order valence-corrected chi connectivity index (χ4v) is 0.549. The molecule has 0 aromatic heterocycles. The summed E-state index contributed by atoms with van der Waals surface area (Å²) in [5.74, 6) is -1.20. The average Bonchev–Trinajstić information content (AvgIpc) is 1.86. The topological polar surface area (TPSA) is 95.4 Å². The van der Waals surface area contributed by atoms with Crippen LogP contribution < -0.4 is 11.5 Å². The number of ether oxygens (including phenoxy) is 1. The normalized spacial score (nSPS) is 11.2. The minimum absolute atomic E-state index is 0. The second-order valence-corrected chi connectivity index (χ2v) is 2.03. The second kappa shape index (κ2) is 6.87. The van der Waals surface area contributed by atoms with Crippen LogP contribution in [0.1, 0.15) is 13.3 Å². The predicted octanol–water partition coefficient (Wildman–Crippen LogP) is -0.826. The molecule has 0 saturated carbocycles. The molecule has 0 aliphatic heterocycles. The molecule has 1 amide bonds. The molecular formula is C6H13ClN2O3. The minimum Gasteiger partial charge on any atom is -0.465 e. The highest BCUT2D eigenvalue weighted by molar-refractivity contribution is 5.85. The summed E-state index contributed by atoms with van der Waals surface area (Å²) in [6, 6.07) is -0.924. The van der Waals surface area contributed by atoms with E-state index in [0.717, 1.165) is 0 Å². The number of halogens is 1. The number of hydrogen-bond acceptors (Lipinski definition) is 4. The summed E-state index contributed by atoms with van der Waals surface area (Å²) in [4.78, 5) is 21.0. The van der Waals surface area contributed by atoms with Crippen LogP contribution in [-0.2, 0) is 14.3 Å². The SMILES string of the molecule is CCOC(=O)[C@@H](N)CC(N)=O.Cl. The molecule has 0 spiro atoms. The maximum atomic E-state index is 10.7. The third-order valence-electron chi connectivity index (χ3n) is 1.01. The number of carbonyl (C=O) groups excluding carboxylic acids is 2. The van der Waals surface area contributed by atoms with E-state index in [1.165, 1.54) is 0 Å². The van der Waals surface area contributed by atoms with E-state index in [9.17, 15) is 9.59 Å². The number of hydrogen-bond donors (Lipinski definition) is 2. The minimum atomic E-state index is -0.924. The van der Waals surface area contributed by atoms with Crippen molar-refractivity contribution < 1.29 is 14.3 Å². The molecule has 0 heterocycles. The maximum Gasteiger partial charge on any atom is 0.323 e. The van der Waals surface area contributed by atoms with Crippen LogP contribution in [0.5, 0.6) is 0 Å². The van der Waals surface area contributed by atoms with Crippen LogP contribution in [-0.4, -0.2) is 24.5 Å². The van der Waals surface area contributed by atoms with Gasteiger partial charge in [-0.25, -0.2) is 0 Å². The smallest absolute Gasteiger partial charge is 0.323 e. The largest absolute Gasteiger partial charge is 0.465 e. The van der Waals surface area contributed by atoms with Gasteiger partial charge in [-0.1, -0.05) is 0 Å². The number of carbonyl (C=O) groups is 2. The summed E-state index contributed by atoms with van der Waals surface area (Å²) in [6.45, 7) is 1.92. The Labute approximate surface area is 76.8 Å². The Morgan fingerprint density at radius 1 is 1.50 bits per heavy atom. The van der Waals surface area contributed by atoms with Crippen molar-refractivity contribution in [2.24, 2.45) is 11.5 Å². The molecule has 6 heteroatoms. The highest BCUT2D eigenvalue weighted by atomic mass is 35.5. The van der Waals surface area contributed by atoms with Gasteiger partial charge in [0.1, 0.15) is 6.04 Å². The Balaban J connectivity index is 0. The first kappa shape index (κ1) is 13.8. The molecule has 0 radical (unpaired) electrons. The standard InChI is InChI=1S/C6H12N2O3.ClH/c1-2-11-6(10)4(7)3-5(8)9;/h4H,2-3,7H2,1H3,(H2,8,9);1H/t4-;/m0./s1. The van der Waals surface area contributed by atoms with E-state index >= 15 is 0 Å². The van der Waals surface area contributed by atoms with Crippen molar-refractivity contribution in [3.05, 3.63) is 0 Å². The van der Waals surface area contributed by atoms with E-state index in [1.54, 1.807) is 6.92 Å². The fraction of sp³-hybridized carbons (Fsp3) is 0.667. The lowest BCUT2D eigenvalue weighted by Gasteiger charge is -2.06. The molecule has 5 nitrogen and oxygen atoms in total. The van der Waals surface area contributed by atoms with Gasteiger partial charge in [0.15, 0.2) is 0 Å². The van der Waals surface area contributed by atoms with Crippen molar-refractivity contribution >= 4 is 24.3 Å². The van der Waals surface area contributed by atoms with Gasteiger partial charge in [0, 0.05) is 0 Å². The predicted molar refractivity (Wildman–Crippen MR) is 45.7 cm³/mol. The average molecular weight is 197 g/mol. The number of rotatable bonds is 4. The fourth-order valence-electron chi connectivity index (χ4n) is 0.549. The Morgan fingerprint density at radius 3 is 2.33 bits per heavy atom. The van der Waals surface area contributed by atoms with E-state index in [4.69, 9.17) is 11.5 Å². The third-order valence-corrected chi connectivity index (χ3v) is 1.01. The summed E-state index contributed by atoms with van der Waals surface area (Å²) in [5, 5.41) is 0. The zero-order valence-corrected chi connectivity index (χ0v) is 7.60. The van der Waals surface area contributed by atoms with E-state index in [-0.39, 0.29) is 25.4 Å². The van der Waals surface area contributed by atoms with Crippen molar-refractivity contribution in [3.63, 3.8) is 0 Å². The van der Waals surface area contributed by atoms with Gasteiger partial charge >= 0.3 is 5.97 Å². The van der Waals surface area contributed by atoms with E-state index in [1.807, 2.05) is 0 Å². The van der Waals surface area contributed by atoms with Crippen molar-refractivity contribution in [2.75, 3.05) is 6.61 Å². The van der Waals surface area contributed by atoms with Crippen molar-refractivity contribution in [2.45, 2.75) is 19.4 Å². The van der Waals surface area contributed by atoms with Crippen molar-refractivity contribution in [1.29, 1.82) is 0 Å². The lowest BCUT2D eigenvalue weighted by molar-refractivity contribution is -0.145. The molecule has 12 heavy (non-hydrogen) atoms. The molecule has 0 saturated heterocycles. The molecule has 0 bridgehead atoms. The monoisotopic (exact) mass is 196 g/mol. The Kier molecular flexibility index (Phi) is 7.88. The molecule has 0 fully saturated rings. The van der Waals surface area contributed by atoms with Crippen LogP contribution in [0.15, 0.2) is 0 Å². The molecule has 0 rings (SSSR count). The zero-order valence-electron chi connectivity index (χ0n) is 6.78. The molecule has 0 aromatic rings. The van der Waals surface area contributed by atoms with E-state index < -0.39 is 17.9 Å². The second-order valence-electron chi connectivity index (χ2n) is 2.03. The van der Waals surface area contributed by atoms with Gasteiger partial charge in [-0.3, -0.25) is 9.59 Å². The first-order valence-electron chi connectivity index (χ1n) is 3.28. The third kappa shape index (κ3) is 5.94. The van der Waals surface area contributed by atoms with Gasteiger partial charge in [0.2, 0.25) is 5.91 Å². The summed E-state index contributed by atoms with van der Waals surface area (Å²) < 4.78 is 4.53. The van der Waals surface area contributed by atoms with Gasteiger partial charge in [0.05, 0.1) is 13.0 Å². The summed E-state index contributed by atoms with van der Waals surface area (Å²) in [5.41, 5.74) is 10.0. The lowest BCUT2D eigenvalue weighted by Crippen LogP contribution is -2.36. The molecule has 4 N–H and O–H groups in total. The van der Waals surface area contributed by atoms with Gasteiger partial charge in [-0.15, -0.1) is 12.4 Å². The summed E-state index contributed by atoms with van der Waals surface area (Å²) in [7, 11) is 0. The molecular weight excluding hydrogens is 184 g/mol. The highest BCUT2D eigenvalue weighted by Gasteiger charge is 2.16. The Bertz CT molecular complexity index is 163. The molecule has 0 unspecified atom stereocenters. The van der Waals surface area contributed by atoms with Crippen LogP contribution in [0.4, 0.5) is 0 Å². The van der Waals surface area contributed by atoms with E-state index in [2.05, 4.69) is 4.74 Å². The van der Waals surface area contributed by atoms with Gasteiger partial charge in [-0.05, 0) is 6.92 Å². The Morgan fingerprint density at radius 2 is 2.00 bits per heavy atom. The molecule has 0 aromatic carbocycles. The number of esters is 1.